The summed E-state index contributed by atoms with van der Waals surface area (Å²) in [4.78, 5) is 20.7. The molecule has 1 aliphatic carbocycles. The molecule has 0 aliphatic heterocycles. The molecule has 0 saturated heterocycles. The van der Waals surface area contributed by atoms with Crippen LogP contribution in [0.2, 0.25) is 0 Å². The van der Waals surface area contributed by atoms with Crippen molar-refractivity contribution in [3.8, 4) is 22.3 Å². The molecule has 27 heavy (non-hydrogen) atoms. The number of aromatic nitrogens is 2. The van der Waals surface area contributed by atoms with E-state index in [1.807, 2.05) is 31.6 Å². The third-order valence-corrected chi connectivity index (χ3v) is 4.87. The zero-order valence-electron chi connectivity index (χ0n) is 15.5. The van der Waals surface area contributed by atoms with Gasteiger partial charge in [-0.3, -0.25) is 9.78 Å². The summed E-state index contributed by atoms with van der Waals surface area (Å²) in [6.45, 7) is 2.10. The molecule has 5 heteroatoms. The maximum Gasteiger partial charge on any atom is 0.228 e. The standard InChI is InChI=1S/C22H22N4O/c1-14-3-6-19(23-2)11-20(14)18-9-17(12-24-13-18)16-7-8-25-21(10-16)26-22(27)15-4-5-15/h3,6-13,15,23H,4-5H2,1-2H3,(H,25,26,27). The van der Waals surface area contributed by atoms with E-state index in [0.29, 0.717) is 5.82 Å². The van der Waals surface area contributed by atoms with Gasteiger partial charge in [0.2, 0.25) is 5.91 Å². The van der Waals surface area contributed by atoms with Gasteiger partial charge in [0.15, 0.2) is 0 Å². The number of amides is 1. The normalized spacial score (nSPS) is 13.3. The molecule has 4 rings (SSSR count). The van der Waals surface area contributed by atoms with Crippen LogP contribution in [-0.2, 0) is 4.79 Å². The predicted octanol–water partition coefficient (Wildman–Crippen LogP) is 4.51. The van der Waals surface area contributed by atoms with Crippen LogP contribution in [0.15, 0.2) is 55.0 Å². The number of benzene rings is 1. The van der Waals surface area contributed by atoms with Crippen LogP contribution in [0.3, 0.4) is 0 Å². The van der Waals surface area contributed by atoms with Crippen LogP contribution in [-0.4, -0.2) is 22.9 Å². The smallest absolute Gasteiger partial charge is 0.228 e. The highest BCUT2D eigenvalue weighted by Gasteiger charge is 2.29. The fraction of sp³-hybridized carbons (Fsp3) is 0.227. The van der Waals surface area contributed by atoms with Crippen LogP contribution in [0, 0.1) is 12.8 Å². The van der Waals surface area contributed by atoms with E-state index in [0.717, 1.165) is 40.8 Å². The van der Waals surface area contributed by atoms with Gasteiger partial charge in [0.1, 0.15) is 5.82 Å². The van der Waals surface area contributed by atoms with Crippen molar-refractivity contribution in [2.45, 2.75) is 19.8 Å². The van der Waals surface area contributed by atoms with E-state index in [1.165, 1.54) is 5.56 Å². The highest BCUT2D eigenvalue weighted by Crippen LogP contribution is 2.32. The third kappa shape index (κ3) is 3.82. The van der Waals surface area contributed by atoms with Crippen LogP contribution < -0.4 is 10.6 Å². The lowest BCUT2D eigenvalue weighted by molar-refractivity contribution is -0.117. The van der Waals surface area contributed by atoms with Gasteiger partial charge in [0.05, 0.1) is 0 Å². The van der Waals surface area contributed by atoms with Crippen LogP contribution >= 0.6 is 0 Å². The lowest BCUT2D eigenvalue weighted by Crippen LogP contribution is -2.14. The average molecular weight is 358 g/mol. The zero-order valence-corrected chi connectivity index (χ0v) is 15.5. The molecule has 1 saturated carbocycles. The Morgan fingerprint density at radius 2 is 1.85 bits per heavy atom. The molecule has 0 atom stereocenters. The van der Waals surface area contributed by atoms with Crippen LogP contribution in [0.4, 0.5) is 11.5 Å². The number of hydrogen-bond acceptors (Lipinski definition) is 4. The van der Waals surface area contributed by atoms with Gasteiger partial charge >= 0.3 is 0 Å². The number of anilines is 2. The van der Waals surface area contributed by atoms with Crippen LogP contribution in [0.1, 0.15) is 18.4 Å². The van der Waals surface area contributed by atoms with Crippen LogP contribution in [0.5, 0.6) is 0 Å². The Morgan fingerprint density at radius 1 is 1.04 bits per heavy atom. The minimum atomic E-state index is 0.0611. The summed E-state index contributed by atoms with van der Waals surface area (Å²) in [5.74, 6) is 0.803. The molecule has 0 radical (unpaired) electrons. The van der Waals surface area contributed by atoms with Crippen molar-refractivity contribution in [1.82, 2.24) is 9.97 Å². The fourth-order valence-corrected chi connectivity index (χ4v) is 3.09. The van der Waals surface area contributed by atoms with E-state index in [-0.39, 0.29) is 11.8 Å². The molecule has 3 aromatic rings. The van der Waals surface area contributed by atoms with E-state index in [1.54, 1.807) is 6.20 Å². The first-order valence-electron chi connectivity index (χ1n) is 9.15. The van der Waals surface area contributed by atoms with E-state index < -0.39 is 0 Å². The Bertz CT molecular complexity index is 995. The Hall–Kier alpha value is -3.21. The molecule has 1 aliphatic rings. The summed E-state index contributed by atoms with van der Waals surface area (Å²) >= 11 is 0. The molecule has 1 amide bonds. The second kappa shape index (κ2) is 7.19. The molecule has 1 aromatic carbocycles. The first-order chi connectivity index (χ1) is 13.1. The van der Waals surface area contributed by atoms with Gasteiger partial charge in [-0.25, -0.2) is 4.98 Å². The maximum absolute atomic E-state index is 12.0. The molecule has 136 valence electrons. The van der Waals surface area contributed by atoms with Crippen molar-refractivity contribution in [3.63, 3.8) is 0 Å². The molecular weight excluding hydrogens is 336 g/mol. The SMILES string of the molecule is CNc1ccc(C)c(-c2cncc(-c3ccnc(NC(=O)C4CC4)c3)c2)c1. The zero-order chi connectivity index (χ0) is 18.8. The number of carbonyl (C=O) groups is 1. The van der Waals surface area contributed by atoms with Crippen LogP contribution in [0.25, 0.3) is 22.3 Å². The number of pyridine rings is 2. The summed E-state index contributed by atoms with van der Waals surface area (Å²) < 4.78 is 0. The Morgan fingerprint density at radius 3 is 2.63 bits per heavy atom. The summed E-state index contributed by atoms with van der Waals surface area (Å²) in [5.41, 5.74) is 6.43. The molecule has 0 spiro atoms. The van der Waals surface area contributed by atoms with Gasteiger partial charge in [-0.1, -0.05) is 6.07 Å². The lowest BCUT2D eigenvalue weighted by atomic mass is 9.98. The quantitative estimate of drug-likeness (QED) is 0.704. The number of nitrogens with one attached hydrogen (secondary N) is 2. The summed E-state index contributed by atoms with van der Waals surface area (Å²) in [5, 5.41) is 6.09. The van der Waals surface area contributed by atoms with Crippen molar-refractivity contribution >= 4 is 17.4 Å². The van der Waals surface area contributed by atoms with Crippen molar-refractivity contribution in [1.29, 1.82) is 0 Å². The first-order valence-corrected chi connectivity index (χ1v) is 9.15. The largest absolute Gasteiger partial charge is 0.388 e. The van der Waals surface area contributed by atoms with Crippen molar-refractivity contribution < 1.29 is 4.79 Å². The van der Waals surface area contributed by atoms with Gasteiger partial charge < -0.3 is 10.6 Å². The van der Waals surface area contributed by atoms with Crippen molar-refractivity contribution in [2.24, 2.45) is 5.92 Å². The second-order valence-corrected chi connectivity index (χ2v) is 6.94. The molecule has 0 unspecified atom stereocenters. The molecule has 5 nitrogen and oxygen atoms in total. The maximum atomic E-state index is 12.0. The number of nitrogens with zero attached hydrogens (tertiary/aromatic N) is 2. The van der Waals surface area contributed by atoms with E-state index in [2.05, 4.69) is 51.8 Å². The lowest BCUT2D eigenvalue weighted by Gasteiger charge is -2.11. The third-order valence-electron chi connectivity index (χ3n) is 4.87. The first kappa shape index (κ1) is 17.2. The Kier molecular flexibility index (Phi) is 4.59. The minimum absolute atomic E-state index is 0.0611. The van der Waals surface area contributed by atoms with E-state index in [9.17, 15) is 4.79 Å². The van der Waals surface area contributed by atoms with Gasteiger partial charge in [-0.15, -0.1) is 0 Å². The van der Waals surface area contributed by atoms with Gasteiger partial charge in [-0.05, 0) is 66.8 Å². The minimum Gasteiger partial charge on any atom is -0.388 e. The predicted molar refractivity (Wildman–Crippen MR) is 109 cm³/mol. The Labute approximate surface area is 158 Å². The number of carbonyl (C=O) groups excluding carboxylic acids is 1. The summed E-state index contributed by atoms with van der Waals surface area (Å²) in [6.07, 6.45) is 7.38. The van der Waals surface area contributed by atoms with Gasteiger partial charge in [0.25, 0.3) is 0 Å². The summed E-state index contributed by atoms with van der Waals surface area (Å²) in [7, 11) is 1.91. The summed E-state index contributed by atoms with van der Waals surface area (Å²) in [6, 6.07) is 12.3. The average Bonchev–Trinajstić information content (AvgIpc) is 3.54. The molecule has 2 N–H and O–H groups in total. The molecule has 2 aromatic heterocycles. The number of rotatable bonds is 5. The molecule has 0 bridgehead atoms. The molecule has 2 heterocycles. The number of hydrogen-bond donors (Lipinski definition) is 2. The second-order valence-electron chi connectivity index (χ2n) is 6.94. The van der Waals surface area contributed by atoms with Crippen molar-refractivity contribution in [2.75, 3.05) is 17.7 Å². The highest BCUT2D eigenvalue weighted by molar-refractivity contribution is 5.93. The number of aryl methyl sites for hydroxylation is 1. The van der Waals surface area contributed by atoms with Gasteiger partial charge in [0, 0.05) is 48.4 Å². The topological polar surface area (TPSA) is 66.9 Å². The van der Waals surface area contributed by atoms with Crippen molar-refractivity contribution in [3.05, 3.63) is 60.6 Å². The Balaban J connectivity index is 1.65. The highest BCUT2D eigenvalue weighted by atomic mass is 16.2. The fourth-order valence-electron chi connectivity index (χ4n) is 3.09. The van der Waals surface area contributed by atoms with E-state index >= 15 is 0 Å². The molecule has 1 fully saturated rings. The van der Waals surface area contributed by atoms with Gasteiger partial charge in [-0.2, -0.15) is 0 Å². The molecular formula is C22H22N4O. The monoisotopic (exact) mass is 358 g/mol. The van der Waals surface area contributed by atoms with E-state index in [4.69, 9.17) is 0 Å².